The predicted molar refractivity (Wildman–Crippen MR) is 70.8 cm³/mol. The number of anilines is 1. The molecule has 0 aliphatic carbocycles. The van der Waals surface area contributed by atoms with Crippen molar-refractivity contribution in [3.63, 3.8) is 0 Å². The molecule has 0 unspecified atom stereocenters. The topological polar surface area (TPSA) is 28.2 Å². The lowest BCUT2D eigenvalue weighted by Crippen LogP contribution is -2.52. The van der Waals surface area contributed by atoms with E-state index >= 15 is 0 Å². The normalized spacial score (nSPS) is 26.1. The lowest BCUT2D eigenvalue weighted by molar-refractivity contribution is 0.483. The first kappa shape index (κ1) is 14.5. The van der Waals surface area contributed by atoms with Crippen LogP contribution in [0.2, 0.25) is 0 Å². The van der Waals surface area contributed by atoms with Crippen molar-refractivity contribution in [2.45, 2.75) is 24.9 Å². The van der Waals surface area contributed by atoms with E-state index in [4.69, 9.17) is 0 Å². The van der Waals surface area contributed by atoms with Crippen LogP contribution in [0.25, 0.3) is 0 Å². The Kier molecular flexibility index (Phi) is 4.98. The molecule has 0 aromatic carbocycles. The van der Waals surface area contributed by atoms with E-state index < -0.39 is 0 Å². The minimum Gasteiger partial charge on any atom is -0.362 e. The molecule has 0 spiro atoms. The van der Waals surface area contributed by atoms with E-state index in [0.717, 1.165) is 18.8 Å². The van der Waals surface area contributed by atoms with Crippen LogP contribution in [0.15, 0.2) is 18.5 Å². The molecular formula is C11H16Cl2FN3. The fraction of sp³-hybridized carbons (Fsp3) is 0.545. The lowest BCUT2D eigenvalue weighted by atomic mass is 10.2. The molecule has 1 aromatic heterocycles. The summed E-state index contributed by atoms with van der Waals surface area (Å²) in [5, 5.41) is 3.41. The van der Waals surface area contributed by atoms with Gasteiger partial charge in [0.25, 0.3) is 0 Å². The lowest BCUT2D eigenvalue weighted by Gasteiger charge is -2.36. The van der Waals surface area contributed by atoms with E-state index in [-0.39, 0.29) is 30.6 Å². The average molecular weight is 280 g/mol. The smallest absolute Gasteiger partial charge is 0.143 e. The third-order valence-electron chi connectivity index (χ3n) is 3.37. The number of nitrogens with zero attached hydrogens (tertiary/aromatic N) is 2. The Morgan fingerprint density at radius 2 is 1.82 bits per heavy atom. The molecule has 2 aliphatic heterocycles. The van der Waals surface area contributed by atoms with Gasteiger partial charge in [-0.2, -0.15) is 0 Å². The molecule has 6 heteroatoms. The Hall–Kier alpha value is -0.580. The number of pyridine rings is 1. The number of nitrogens with one attached hydrogen (secondary N) is 1. The second-order valence-corrected chi connectivity index (χ2v) is 4.31. The molecule has 0 amide bonds. The van der Waals surface area contributed by atoms with E-state index in [1.54, 1.807) is 12.3 Å². The molecule has 1 N–H and O–H groups in total. The maximum Gasteiger partial charge on any atom is 0.143 e. The highest BCUT2D eigenvalue weighted by atomic mass is 35.5. The van der Waals surface area contributed by atoms with Gasteiger partial charge in [0, 0.05) is 31.2 Å². The summed E-state index contributed by atoms with van der Waals surface area (Å²) in [5.41, 5.74) is 0.934. The Balaban J connectivity index is 0.000000722. The van der Waals surface area contributed by atoms with Gasteiger partial charge in [-0.05, 0) is 12.8 Å². The fourth-order valence-electron chi connectivity index (χ4n) is 2.74. The maximum atomic E-state index is 13.1. The molecule has 3 heterocycles. The van der Waals surface area contributed by atoms with Crippen LogP contribution >= 0.6 is 24.8 Å². The first-order valence-electron chi connectivity index (χ1n) is 5.44. The number of rotatable bonds is 1. The summed E-state index contributed by atoms with van der Waals surface area (Å²) >= 11 is 0. The highest BCUT2D eigenvalue weighted by molar-refractivity contribution is 5.85. The number of aromatic nitrogens is 1. The monoisotopic (exact) mass is 279 g/mol. The Bertz CT molecular complexity index is 361. The van der Waals surface area contributed by atoms with Crippen molar-refractivity contribution in [2.75, 3.05) is 18.0 Å². The highest BCUT2D eigenvalue weighted by Gasteiger charge is 2.36. The molecule has 2 bridgehead atoms. The van der Waals surface area contributed by atoms with Crippen molar-refractivity contribution >= 4 is 30.5 Å². The quantitative estimate of drug-likeness (QED) is 0.853. The summed E-state index contributed by atoms with van der Waals surface area (Å²) < 4.78 is 13.1. The van der Waals surface area contributed by atoms with Crippen molar-refractivity contribution < 1.29 is 4.39 Å². The minimum absolute atomic E-state index is 0. The van der Waals surface area contributed by atoms with Crippen molar-refractivity contribution in [3.8, 4) is 0 Å². The number of hydrogen-bond acceptors (Lipinski definition) is 3. The molecule has 2 fully saturated rings. The summed E-state index contributed by atoms with van der Waals surface area (Å²) in [6.07, 6.45) is 5.43. The van der Waals surface area contributed by atoms with E-state index in [1.165, 1.54) is 19.0 Å². The number of hydrogen-bond donors (Lipinski definition) is 1. The van der Waals surface area contributed by atoms with Crippen LogP contribution in [-0.4, -0.2) is 30.2 Å². The Labute approximate surface area is 113 Å². The molecule has 3 nitrogen and oxygen atoms in total. The summed E-state index contributed by atoms with van der Waals surface area (Å²) in [7, 11) is 0. The number of fused-ring (bicyclic) bond motifs is 2. The highest BCUT2D eigenvalue weighted by Crippen LogP contribution is 2.31. The third kappa shape index (κ3) is 2.64. The second-order valence-electron chi connectivity index (χ2n) is 4.31. The molecular weight excluding hydrogens is 264 g/mol. The molecule has 3 rings (SSSR count). The molecule has 2 atom stereocenters. The van der Waals surface area contributed by atoms with Gasteiger partial charge >= 0.3 is 0 Å². The van der Waals surface area contributed by atoms with Gasteiger partial charge in [-0.25, -0.2) is 4.39 Å². The molecule has 1 aromatic rings. The van der Waals surface area contributed by atoms with Crippen LogP contribution in [-0.2, 0) is 0 Å². The molecule has 2 aliphatic rings. The standard InChI is InChI=1S/C11H14FN3.2ClH/c12-8-3-11(7-13-4-8)15-9-1-2-10(15)6-14-5-9;;/h3-4,7,9-10,14H,1-2,5-6H2;2*1H/t9-,10+;;. The van der Waals surface area contributed by atoms with E-state index in [1.807, 2.05) is 0 Å². The van der Waals surface area contributed by atoms with E-state index in [2.05, 4.69) is 15.2 Å². The first-order chi connectivity index (χ1) is 7.34. The summed E-state index contributed by atoms with van der Waals surface area (Å²) in [6.45, 7) is 2.01. The Morgan fingerprint density at radius 1 is 1.18 bits per heavy atom. The number of halogens is 3. The van der Waals surface area contributed by atoms with Gasteiger partial charge in [-0.15, -0.1) is 24.8 Å². The van der Waals surface area contributed by atoms with Crippen LogP contribution in [0, 0.1) is 5.82 Å². The molecule has 0 saturated carbocycles. The van der Waals surface area contributed by atoms with E-state index in [9.17, 15) is 4.39 Å². The molecule has 96 valence electrons. The van der Waals surface area contributed by atoms with E-state index in [0.29, 0.717) is 12.1 Å². The second kappa shape index (κ2) is 5.85. The van der Waals surface area contributed by atoms with Crippen LogP contribution < -0.4 is 10.2 Å². The van der Waals surface area contributed by atoms with Crippen LogP contribution in [0.5, 0.6) is 0 Å². The van der Waals surface area contributed by atoms with Crippen molar-refractivity contribution in [3.05, 3.63) is 24.3 Å². The van der Waals surface area contributed by atoms with Gasteiger partial charge in [0.1, 0.15) is 5.82 Å². The minimum atomic E-state index is -0.245. The third-order valence-corrected chi connectivity index (χ3v) is 3.37. The summed E-state index contributed by atoms with van der Waals surface area (Å²) in [5.74, 6) is -0.245. The molecule has 0 radical (unpaired) electrons. The van der Waals surface area contributed by atoms with Gasteiger partial charge in [-0.1, -0.05) is 0 Å². The van der Waals surface area contributed by atoms with Gasteiger partial charge in [0.05, 0.1) is 18.1 Å². The largest absolute Gasteiger partial charge is 0.362 e. The zero-order valence-corrected chi connectivity index (χ0v) is 10.9. The summed E-state index contributed by atoms with van der Waals surface area (Å²) in [6, 6.07) is 2.63. The molecule has 2 saturated heterocycles. The van der Waals surface area contributed by atoms with Crippen LogP contribution in [0.1, 0.15) is 12.8 Å². The predicted octanol–water partition coefficient (Wildman–Crippen LogP) is 2.00. The van der Waals surface area contributed by atoms with Gasteiger partial charge in [-0.3, -0.25) is 4.98 Å². The average Bonchev–Trinajstić information content (AvgIpc) is 2.49. The van der Waals surface area contributed by atoms with Crippen LogP contribution in [0.4, 0.5) is 10.1 Å². The zero-order chi connectivity index (χ0) is 10.3. The SMILES string of the molecule is Cl.Cl.Fc1cncc(N2[C@@H]3CC[C@H]2CNC3)c1. The van der Waals surface area contributed by atoms with Gasteiger partial charge in [0.15, 0.2) is 0 Å². The van der Waals surface area contributed by atoms with Crippen LogP contribution in [0.3, 0.4) is 0 Å². The fourth-order valence-corrected chi connectivity index (χ4v) is 2.74. The van der Waals surface area contributed by atoms with Gasteiger partial charge in [0.2, 0.25) is 0 Å². The van der Waals surface area contributed by atoms with Crippen molar-refractivity contribution in [1.29, 1.82) is 0 Å². The van der Waals surface area contributed by atoms with Crippen molar-refractivity contribution in [2.24, 2.45) is 0 Å². The number of piperazine rings is 1. The molecule has 17 heavy (non-hydrogen) atoms. The Morgan fingerprint density at radius 3 is 2.41 bits per heavy atom. The first-order valence-corrected chi connectivity index (χ1v) is 5.44. The summed E-state index contributed by atoms with van der Waals surface area (Å²) in [4.78, 5) is 6.24. The zero-order valence-electron chi connectivity index (χ0n) is 9.30. The van der Waals surface area contributed by atoms with Gasteiger partial charge < -0.3 is 10.2 Å². The maximum absolute atomic E-state index is 13.1. The van der Waals surface area contributed by atoms with Crippen molar-refractivity contribution in [1.82, 2.24) is 10.3 Å².